The molecule has 0 radical (unpaired) electrons. The van der Waals surface area contributed by atoms with Gasteiger partial charge in [0.2, 0.25) is 5.95 Å². The molecule has 4 heterocycles. The minimum Gasteiger partial charge on any atom is -0.383 e. The first-order chi connectivity index (χ1) is 14.2. The molecule has 0 amide bonds. The fraction of sp³-hybridized carbons (Fsp3) is 0. The van der Waals surface area contributed by atoms with E-state index in [-0.39, 0.29) is 5.95 Å². The van der Waals surface area contributed by atoms with E-state index in [9.17, 15) is 0 Å². The molecular formula is C21H15N7S. The van der Waals surface area contributed by atoms with E-state index in [2.05, 4.69) is 67.6 Å². The number of benzene rings is 2. The van der Waals surface area contributed by atoms with Crippen molar-refractivity contribution in [3.05, 3.63) is 54.9 Å². The molecule has 0 aliphatic carbocycles. The Balaban J connectivity index is 1.64. The van der Waals surface area contributed by atoms with Gasteiger partial charge in [0.25, 0.3) is 0 Å². The van der Waals surface area contributed by atoms with E-state index in [0.717, 1.165) is 33.0 Å². The van der Waals surface area contributed by atoms with Crippen molar-refractivity contribution in [1.82, 2.24) is 25.1 Å². The summed E-state index contributed by atoms with van der Waals surface area (Å²) in [5.41, 5.74) is 16.6. The highest BCUT2D eigenvalue weighted by molar-refractivity contribution is 7.22. The SMILES string of the molecule is Nc1nc(N)c2c(-c3cc(-c4cc5ccccc5s4)c4[nH]ncc4c3)c[nH]c2n1. The second-order valence-electron chi connectivity index (χ2n) is 6.90. The Morgan fingerprint density at radius 2 is 1.83 bits per heavy atom. The maximum atomic E-state index is 6.16. The lowest BCUT2D eigenvalue weighted by atomic mass is 9.99. The first-order valence-corrected chi connectivity index (χ1v) is 9.85. The molecule has 6 N–H and O–H groups in total. The van der Waals surface area contributed by atoms with Crippen molar-refractivity contribution in [2.24, 2.45) is 0 Å². The maximum absolute atomic E-state index is 6.16. The monoisotopic (exact) mass is 397 g/mol. The lowest BCUT2D eigenvalue weighted by Gasteiger charge is -2.07. The molecule has 6 rings (SSSR count). The van der Waals surface area contributed by atoms with Gasteiger partial charge in [0.05, 0.1) is 17.1 Å². The Labute approximate surface area is 168 Å². The van der Waals surface area contributed by atoms with Gasteiger partial charge in [-0.15, -0.1) is 11.3 Å². The highest BCUT2D eigenvalue weighted by Crippen LogP contribution is 2.40. The van der Waals surface area contributed by atoms with E-state index < -0.39 is 0 Å². The molecule has 8 heteroatoms. The number of rotatable bonds is 2. The molecule has 2 aromatic carbocycles. The van der Waals surface area contributed by atoms with Crippen molar-refractivity contribution >= 4 is 55.1 Å². The van der Waals surface area contributed by atoms with Crippen LogP contribution in [0.4, 0.5) is 11.8 Å². The first kappa shape index (κ1) is 16.1. The summed E-state index contributed by atoms with van der Waals surface area (Å²) in [5, 5.41) is 10.4. The van der Waals surface area contributed by atoms with Crippen LogP contribution in [0.25, 0.3) is 53.6 Å². The Morgan fingerprint density at radius 1 is 0.931 bits per heavy atom. The molecule has 0 spiro atoms. The van der Waals surface area contributed by atoms with E-state index >= 15 is 0 Å². The summed E-state index contributed by atoms with van der Waals surface area (Å²) in [7, 11) is 0. The molecule has 0 saturated carbocycles. The fourth-order valence-electron chi connectivity index (χ4n) is 3.83. The lowest BCUT2D eigenvalue weighted by molar-refractivity contribution is 1.12. The molecule has 0 fully saturated rings. The number of aromatic nitrogens is 5. The minimum atomic E-state index is 0.152. The molecule has 140 valence electrons. The summed E-state index contributed by atoms with van der Waals surface area (Å²) in [6.07, 6.45) is 3.73. The Kier molecular flexibility index (Phi) is 3.21. The lowest BCUT2D eigenvalue weighted by Crippen LogP contribution is -2.00. The average Bonchev–Trinajstić information content (AvgIpc) is 3.44. The van der Waals surface area contributed by atoms with Gasteiger partial charge in [-0.2, -0.15) is 15.1 Å². The molecule has 0 atom stereocenters. The molecule has 0 saturated heterocycles. The van der Waals surface area contributed by atoms with Crippen LogP contribution >= 0.6 is 11.3 Å². The van der Waals surface area contributed by atoms with E-state index in [1.807, 2.05) is 12.4 Å². The zero-order valence-corrected chi connectivity index (χ0v) is 15.9. The number of aromatic amines is 2. The van der Waals surface area contributed by atoms with Crippen molar-refractivity contribution in [1.29, 1.82) is 0 Å². The highest BCUT2D eigenvalue weighted by Gasteiger charge is 2.16. The van der Waals surface area contributed by atoms with Crippen molar-refractivity contribution in [3.8, 4) is 21.6 Å². The maximum Gasteiger partial charge on any atom is 0.223 e. The third-order valence-corrected chi connectivity index (χ3v) is 6.28. The zero-order chi connectivity index (χ0) is 19.5. The van der Waals surface area contributed by atoms with Gasteiger partial charge in [-0.05, 0) is 35.2 Å². The molecular weight excluding hydrogens is 382 g/mol. The number of fused-ring (bicyclic) bond motifs is 3. The van der Waals surface area contributed by atoms with Crippen LogP contribution in [-0.2, 0) is 0 Å². The summed E-state index contributed by atoms with van der Waals surface area (Å²) < 4.78 is 1.25. The predicted octanol–water partition coefficient (Wildman–Crippen LogP) is 4.55. The summed E-state index contributed by atoms with van der Waals surface area (Å²) in [6, 6.07) is 14.8. The summed E-state index contributed by atoms with van der Waals surface area (Å²) in [4.78, 5) is 12.7. The highest BCUT2D eigenvalue weighted by atomic mass is 32.1. The zero-order valence-electron chi connectivity index (χ0n) is 15.1. The fourth-order valence-corrected chi connectivity index (χ4v) is 4.91. The Hall–Kier alpha value is -3.91. The number of nitrogens with one attached hydrogen (secondary N) is 2. The smallest absolute Gasteiger partial charge is 0.223 e. The quantitative estimate of drug-likeness (QED) is 0.341. The number of H-pyrrole nitrogens is 2. The Morgan fingerprint density at radius 3 is 2.72 bits per heavy atom. The first-order valence-electron chi connectivity index (χ1n) is 9.04. The predicted molar refractivity (Wildman–Crippen MR) is 119 cm³/mol. The van der Waals surface area contributed by atoms with Gasteiger partial charge >= 0.3 is 0 Å². The van der Waals surface area contributed by atoms with Gasteiger partial charge in [0.1, 0.15) is 11.5 Å². The van der Waals surface area contributed by atoms with Crippen molar-refractivity contribution < 1.29 is 0 Å². The van der Waals surface area contributed by atoms with Crippen LogP contribution in [0.15, 0.2) is 54.9 Å². The van der Waals surface area contributed by atoms with Crippen LogP contribution in [0, 0.1) is 0 Å². The molecule has 6 aromatic rings. The van der Waals surface area contributed by atoms with Gasteiger partial charge in [-0.1, -0.05) is 18.2 Å². The van der Waals surface area contributed by atoms with Gasteiger partial charge in [0.15, 0.2) is 0 Å². The molecule has 4 aromatic heterocycles. The second kappa shape index (κ2) is 5.79. The van der Waals surface area contributed by atoms with Crippen LogP contribution < -0.4 is 11.5 Å². The summed E-state index contributed by atoms with van der Waals surface area (Å²) in [6.45, 7) is 0. The molecule has 0 aliphatic rings. The molecule has 0 unspecified atom stereocenters. The second-order valence-corrected chi connectivity index (χ2v) is 7.98. The van der Waals surface area contributed by atoms with Crippen LogP contribution in [-0.4, -0.2) is 25.1 Å². The topological polar surface area (TPSA) is 122 Å². The number of nitrogens with two attached hydrogens (primary N) is 2. The number of thiophene rings is 1. The minimum absolute atomic E-state index is 0.152. The van der Waals surface area contributed by atoms with Crippen molar-refractivity contribution in [2.75, 3.05) is 11.5 Å². The van der Waals surface area contributed by atoms with E-state index in [4.69, 9.17) is 11.5 Å². The van der Waals surface area contributed by atoms with Crippen LogP contribution in [0.5, 0.6) is 0 Å². The van der Waals surface area contributed by atoms with E-state index in [0.29, 0.717) is 11.5 Å². The average molecular weight is 397 g/mol. The van der Waals surface area contributed by atoms with Crippen LogP contribution in [0.2, 0.25) is 0 Å². The van der Waals surface area contributed by atoms with Crippen molar-refractivity contribution in [3.63, 3.8) is 0 Å². The number of hydrogen-bond donors (Lipinski definition) is 4. The Bertz CT molecular complexity index is 1510. The van der Waals surface area contributed by atoms with Crippen molar-refractivity contribution in [2.45, 2.75) is 0 Å². The van der Waals surface area contributed by atoms with E-state index in [1.165, 1.54) is 15.0 Å². The van der Waals surface area contributed by atoms with Crippen LogP contribution in [0.3, 0.4) is 0 Å². The molecule has 0 aliphatic heterocycles. The van der Waals surface area contributed by atoms with Gasteiger partial charge in [0, 0.05) is 32.3 Å². The van der Waals surface area contributed by atoms with E-state index in [1.54, 1.807) is 11.3 Å². The third-order valence-electron chi connectivity index (χ3n) is 5.13. The third kappa shape index (κ3) is 2.39. The molecule has 0 bridgehead atoms. The normalized spacial score (nSPS) is 11.7. The molecule has 7 nitrogen and oxygen atoms in total. The summed E-state index contributed by atoms with van der Waals surface area (Å²) >= 11 is 1.76. The standard InChI is InChI=1S/C21H15N7S/c22-19-17-14(9-24-20(17)27-21(23)26-19)11-5-12-8-25-28-18(12)13(6-11)16-7-10-3-1-2-4-15(10)29-16/h1-9H,(H,25,28)(H5,22,23,24,26,27). The van der Waals surface area contributed by atoms with Crippen LogP contribution in [0.1, 0.15) is 0 Å². The number of hydrogen-bond acceptors (Lipinski definition) is 6. The van der Waals surface area contributed by atoms with Gasteiger partial charge < -0.3 is 16.5 Å². The number of anilines is 2. The molecule has 29 heavy (non-hydrogen) atoms. The largest absolute Gasteiger partial charge is 0.383 e. The number of nitrogens with zero attached hydrogens (tertiary/aromatic N) is 3. The summed E-state index contributed by atoms with van der Waals surface area (Å²) in [5.74, 6) is 0.513. The van der Waals surface area contributed by atoms with Gasteiger partial charge in [-0.25, -0.2) is 0 Å². The van der Waals surface area contributed by atoms with Gasteiger partial charge in [-0.3, -0.25) is 5.10 Å². The number of nitrogen functional groups attached to an aromatic ring is 2.